The predicted molar refractivity (Wildman–Crippen MR) is 69.6 cm³/mol. The standard InChI is InChI=1S/C13H18N4O/c18-13-16-12-2-1-6-15-11(12)5-9-17(13)10-3-7-14-8-4-10/h1-2,6,10,14H,3-5,7-9H2,(H,16,18). The van der Waals surface area contributed by atoms with Crippen LogP contribution in [0.2, 0.25) is 0 Å². The van der Waals surface area contributed by atoms with Crippen molar-refractivity contribution in [1.82, 2.24) is 15.2 Å². The fourth-order valence-corrected chi connectivity index (χ4v) is 2.73. The lowest BCUT2D eigenvalue weighted by atomic mass is 10.0. The largest absolute Gasteiger partial charge is 0.322 e. The molecule has 3 rings (SSSR count). The number of hydrogen-bond donors (Lipinski definition) is 2. The maximum Gasteiger partial charge on any atom is 0.322 e. The van der Waals surface area contributed by atoms with E-state index in [1.165, 1.54) is 0 Å². The molecule has 3 heterocycles. The van der Waals surface area contributed by atoms with Gasteiger partial charge in [-0.1, -0.05) is 0 Å². The first-order valence-corrected chi connectivity index (χ1v) is 6.57. The molecule has 18 heavy (non-hydrogen) atoms. The SMILES string of the molecule is O=C1Nc2cccnc2CCN1C1CCNCC1. The molecular weight excluding hydrogens is 228 g/mol. The summed E-state index contributed by atoms with van der Waals surface area (Å²) in [4.78, 5) is 18.6. The van der Waals surface area contributed by atoms with Gasteiger partial charge < -0.3 is 15.5 Å². The quantitative estimate of drug-likeness (QED) is 0.783. The van der Waals surface area contributed by atoms with Gasteiger partial charge in [-0.05, 0) is 38.1 Å². The molecule has 0 spiro atoms. The zero-order valence-electron chi connectivity index (χ0n) is 10.4. The normalized spacial score (nSPS) is 21.1. The average Bonchev–Trinajstić information content (AvgIpc) is 2.58. The monoisotopic (exact) mass is 246 g/mol. The molecule has 0 saturated carbocycles. The Morgan fingerprint density at radius 1 is 1.33 bits per heavy atom. The highest BCUT2D eigenvalue weighted by Gasteiger charge is 2.28. The Kier molecular flexibility index (Phi) is 3.15. The molecule has 2 amide bonds. The van der Waals surface area contributed by atoms with Crippen molar-refractivity contribution >= 4 is 11.7 Å². The van der Waals surface area contributed by atoms with Crippen LogP contribution >= 0.6 is 0 Å². The van der Waals surface area contributed by atoms with Crippen molar-refractivity contribution in [3.63, 3.8) is 0 Å². The summed E-state index contributed by atoms with van der Waals surface area (Å²) in [6.07, 6.45) is 4.69. The van der Waals surface area contributed by atoms with Gasteiger partial charge in [-0.15, -0.1) is 0 Å². The number of amides is 2. The highest BCUT2D eigenvalue weighted by atomic mass is 16.2. The van der Waals surface area contributed by atoms with Crippen LogP contribution in [0, 0.1) is 0 Å². The zero-order chi connectivity index (χ0) is 12.4. The van der Waals surface area contributed by atoms with Gasteiger partial charge in [0, 0.05) is 25.2 Å². The van der Waals surface area contributed by atoms with Crippen LogP contribution in [-0.4, -0.2) is 41.6 Å². The number of hydrogen-bond acceptors (Lipinski definition) is 3. The van der Waals surface area contributed by atoms with Gasteiger partial charge in [-0.3, -0.25) is 4.98 Å². The fourth-order valence-electron chi connectivity index (χ4n) is 2.73. The van der Waals surface area contributed by atoms with Gasteiger partial charge in [0.25, 0.3) is 0 Å². The van der Waals surface area contributed by atoms with E-state index in [-0.39, 0.29) is 6.03 Å². The molecule has 5 nitrogen and oxygen atoms in total. The molecule has 0 atom stereocenters. The van der Waals surface area contributed by atoms with E-state index in [4.69, 9.17) is 0 Å². The molecule has 1 fully saturated rings. The third-order valence-electron chi connectivity index (χ3n) is 3.73. The Morgan fingerprint density at radius 2 is 2.17 bits per heavy atom. The lowest BCUT2D eigenvalue weighted by Crippen LogP contribution is -2.47. The fraction of sp³-hybridized carbons (Fsp3) is 0.538. The number of pyridine rings is 1. The highest BCUT2D eigenvalue weighted by molar-refractivity contribution is 5.90. The second-order valence-corrected chi connectivity index (χ2v) is 4.85. The van der Waals surface area contributed by atoms with E-state index in [0.717, 1.165) is 50.3 Å². The van der Waals surface area contributed by atoms with E-state index in [0.29, 0.717) is 6.04 Å². The van der Waals surface area contributed by atoms with E-state index in [1.807, 2.05) is 17.0 Å². The zero-order valence-corrected chi connectivity index (χ0v) is 10.4. The number of nitrogens with one attached hydrogen (secondary N) is 2. The summed E-state index contributed by atoms with van der Waals surface area (Å²) in [5, 5.41) is 6.30. The molecule has 1 saturated heterocycles. The number of rotatable bonds is 1. The van der Waals surface area contributed by atoms with Crippen LogP contribution in [0.4, 0.5) is 10.5 Å². The van der Waals surface area contributed by atoms with Crippen molar-refractivity contribution in [2.75, 3.05) is 25.0 Å². The minimum atomic E-state index is 0.0219. The third kappa shape index (κ3) is 2.18. The first kappa shape index (κ1) is 11.5. The van der Waals surface area contributed by atoms with Crippen LogP contribution in [0.3, 0.4) is 0 Å². The first-order chi connectivity index (χ1) is 8.84. The van der Waals surface area contributed by atoms with Crippen molar-refractivity contribution in [2.45, 2.75) is 25.3 Å². The van der Waals surface area contributed by atoms with Crippen molar-refractivity contribution in [3.8, 4) is 0 Å². The summed E-state index contributed by atoms with van der Waals surface area (Å²) < 4.78 is 0. The molecule has 0 bridgehead atoms. The van der Waals surface area contributed by atoms with Gasteiger partial charge in [0.05, 0.1) is 11.4 Å². The molecule has 5 heteroatoms. The molecule has 0 radical (unpaired) electrons. The molecule has 2 aliphatic rings. The average molecular weight is 246 g/mol. The molecule has 96 valence electrons. The predicted octanol–water partition coefficient (Wildman–Crippen LogP) is 1.22. The number of carbonyl (C=O) groups is 1. The topological polar surface area (TPSA) is 57.3 Å². The second kappa shape index (κ2) is 4.94. The number of piperidine rings is 1. The van der Waals surface area contributed by atoms with Crippen molar-refractivity contribution in [2.24, 2.45) is 0 Å². The minimum absolute atomic E-state index is 0.0219. The Bertz CT molecular complexity index is 442. The number of nitrogens with zero attached hydrogens (tertiary/aromatic N) is 2. The van der Waals surface area contributed by atoms with Crippen molar-refractivity contribution in [3.05, 3.63) is 24.0 Å². The maximum absolute atomic E-state index is 12.2. The molecule has 1 aromatic heterocycles. The number of urea groups is 1. The molecule has 0 unspecified atom stereocenters. The Balaban J connectivity index is 1.78. The van der Waals surface area contributed by atoms with Gasteiger partial charge >= 0.3 is 6.03 Å². The Morgan fingerprint density at radius 3 is 3.00 bits per heavy atom. The number of carbonyl (C=O) groups excluding carboxylic acids is 1. The van der Waals surface area contributed by atoms with E-state index in [1.54, 1.807) is 6.20 Å². The third-order valence-corrected chi connectivity index (χ3v) is 3.73. The smallest absolute Gasteiger partial charge is 0.321 e. The summed E-state index contributed by atoms with van der Waals surface area (Å²) in [7, 11) is 0. The van der Waals surface area contributed by atoms with Crippen LogP contribution < -0.4 is 10.6 Å². The van der Waals surface area contributed by atoms with Gasteiger partial charge in [0.2, 0.25) is 0 Å². The minimum Gasteiger partial charge on any atom is -0.321 e. The van der Waals surface area contributed by atoms with E-state index < -0.39 is 0 Å². The summed E-state index contributed by atoms with van der Waals surface area (Å²) in [5.41, 5.74) is 1.85. The second-order valence-electron chi connectivity index (χ2n) is 4.85. The summed E-state index contributed by atoms with van der Waals surface area (Å²) >= 11 is 0. The Labute approximate surface area is 107 Å². The number of aromatic nitrogens is 1. The van der Waals surface area contributed by atoms with Crippen molar-refractivity contribution < 1.29 is 4.79 Å². The molecule has 0 aromatic carbocycles. The van der Waals surface area contributed by atoms with Gasteiger partial charge in [-0.25, -0.2) is 4.79 Å². The highest BCUT2D eigenvalue weighted by Crippen LogP contribution is 2.21. The first-order valence-electron chi connectivity index (χ1n) is 6.57. The maximum atomic E-state index is 12.2. The molecular formula is C13H18N4O. The number of fused-ring (bicyclic) bond motifs is 1. The van der Waals surface area contributed by atoms with Crippen LogP contribution in [-0.2, 0) is 6.42 Å². The summed E-state index contributed by atoms with van der Waals surface area (Å²) in [6.45, 7) is 2.76. The van der Waals surface area contributed by atoms with Crippen LogP contribution in [0.15, 0.2) is 18.3 Å². The molecule has 2 N–H and O–H groups in total. The van der Waals surface area contributed by atoms with Crippen LogP contribution in [0.1, 0.15) is 18.5 Å². The lowest BCUT2D eigenvalue weighted by Gasteiger charge is -2.33. The molecule has 0 aliphatic carbocycles. The summed E-state index contributed by atoms with van der Waals surface area (Å²) in [6, 6.07) is 4.17. The lowest BCUT2D eigenvalue weighted by molar-refractivity contribution is 0.173. The van der Waals surface area contributed by atoms with E-state index in [2.05, 4.69) is 15.6 Å². The number of anilines is 1. The van der Waals surface area contributed by atoms with Crippen molar-refractivity contribution in [1.29, 1.82) is 0 Å². The van der Waals surface area contributed by atoms with Gasteiger partial charge in [0.1, 0.15) is 0 Å². The Hall–Kier alpha value is -1.62. The molecule has 1 aromatic rings. The van der Waals surface area contributed by atoms with E-state index >= 15 is 0 Å². The van der Waals surface area contributed by atoms with Crippen LogP contribution in [0.5, 0.6) is 0 Å². The van der Waals surface area contributed by atoms with Crippen LogP contribution in [0.25, 0.3) is 0 Å². The van der Waals surface area contributed by atoms with Gasteiger partial charge in [0.15, 0.2) is 0 Å². The molecule has 2 aliphatic heterocycles. The summed E-state index contributed by atoms with van der Waals surface area (Å²) in [5.74, 6) is 0. The van der Waals surface area contributed by atoms with Gasteiger partial charge in [-0.2, -0.15) is 0 Å². The van der Waals surface area contributed by atoms with E-state index in [9.17, 15) is 4.79 Å².